The average molecular weight is 266 g/mol. The lowest BCUT2D eigenvalue weighted by Crippen LogP contribution is -2.12. The fourth-order valence-corrected chi connectivity index (χ4v) is 1.89. The number of nitrogens with zero attached hydrogens (tertiary/aromatic N) is 1. The Morgan fingerprint density at radius 1 is 1.32 bits per heavy atom. The number of ether oxygens (including phenoxy) is 1. The van der Waals surface area contributed by atoms with Gasteiger partial charge in [-0.15, -0.1) is 0 Å². The van der Waals surface area contributed by atoms with E-state index >= 15 is 0 Å². The standard InChI is InChI=1S/C14H22N2O3/c1-4-11(5-2)10-15-12-7-8-13(16(17)18)14(9-12)19-6-3/h7-9,11,15H,4-6,10H2,1-3H3. The van der Waals surface area contributed by atoms with Gasteiger partial charge in [-0.2, -0.15) is 0 Å². The topological polar surface area (TPSA) is 64.4 Å². The number of nitrogens with one attached hydrogen (secondary N) is 1. The SMILES string of the molecule is CCOc1cc(NCC(CC)CC)ccc1[N+](=O)[O-]. The summed E-state index contributed by atoms with van der Waals surface area (Å²) in [5.41, 5.74) is 0.871. The van der Waals surface area contributed by atoms with E-state index in [1.165, 1.54) is 6.07 Å². The maximum Gasteiger partial charge on any atom is 0.311 e. The minimum Gasteiger partial charge on any atom is -0.487 e. The highest BCUT2D eigenvalue weighted by Gasteiger charge is 2.15. The number of anilines is 1. The Balaban J connectivity index is 2.80. The lowest BCUT2D eigenvalue weighted by molar-refractivity contribution is -0.385. The van der Waals surface area contributed by atoms with Crippen molar-refractivity contribution in [2.75, 3.05) is 18.5 Å². The average Bonchev–Trinajstić information content (AvgIpc) is 2.40. The summed E-state index contributed by atoms with van der Waals surface area (Å²) in [6.07, 6.45) is 2.24. The Hall–Kier alpha value is -1.78. The van der Waals surface area contributed by atoms with E-state index in [0.717, 1.165) is 25.1 Å². The second kappa shape index (κ2) is 7.61. The minimum atomic E-state index is -0.421. The first kappa shape index (κ1) is 15.3. The molecular formula is C14H22N2O3. The zero-order chi connectivity index (χ0) is 14.3. The van der Waals surface area contributed by atoms with Crippen LogP contribution in [0, 0.1) is 16.0 Å². The third kappa shape index (κ3) is 4.43. The Kier molecular flexibility index (Phi) is 6.12. The zero-order valence-corrected chi connectivity index (χ0v) is 11.8. The summed E-state index contributed by atoms with van der Waals surface area (Å²) in [5, 5.41) is 14.2. The van der Waals surface area contributed by atoms with E-state index in [4.69, 9.17) is 4.74 Å². The van der Waals surface area contributed by atoms with E-state index in [1.54, 1.807) is 12.1 Å². The van der Waals surface area contributed by atoms with Crippen molar-refractivity contribution >= 4 is 11.4 Å². The summed E-state index contributed by atoms with van der Waals surface area (Å²) in [5.74, 6) is 0.938. The molecular weight excluding hydrogens is 244 g/mol. The molecule has 1 aromatic carbocycles. The van der Waals surface area contributed by atoms with Gasteiger partial charge in [0.25, 0.3) is 0 Å². The summed E-state index contributed by atoms with van der Waals surface area (Å²) in [6.45, 7) is 7.43. The van der Waals surface area contributed by atoms with Gasteiger partial charge in [0.15, 0.2) is 5.75 Å². The van der Waals surface area contributed by atoms with Crippen molar-refractivity contribution in [1.29, 1.82) is 0 Å². The van der Waals surface area contributed by atoms with Crippen LogP contribution in [-0.2, 0) is 0 Å². The van der Waals surface area contributed by atoms with Crippen LogP contribution < -0.4 is 10.1 Å². The van der Waals surface area contributed by atoms with Crippen molar-refractivity contribution < 1.29 is 9.66 Å². The molecule has 0 aliphatic carbocycles. The normalized spacial score (nSPS) is 10.5. The van der Waals surface area contributed by atoms with Gasteiger partial charge in [-0.3, -0.25) is 10.1 Å². The number of hydrogen-bond donors (Lipinski definition) is 1. The molecule has 0 fully saturated rings. The van der Waals surface area contributed by atoms with Gasteiger partial charge in [-0.1, -0.05) is 26.7 Å². The molecule has 1 N–H and O–H groups in total. The smallest absolute Gasteiger partial charge is 0.311 e. The first-order valence-electron chi connectivity index (χ1n) is 6.77. The molecule has 19 heavy (non-hydrogen) atoms. The van der Waals surface area contributed by atoms with E-state index in [9.17, 15) is 10.1 Å². The maximum atomic E-state index is 10.9. The Bertz CT molecular complexity index is 417. The fourth-order valence-electron chi connectivity index (χ4n) is 1.89. The Morgan fingerprint density at radius 2 is 2.00 bits per heavy atom. The van der Waals surface area contributed by atoms with Crippen LogP contribution in [-0.4, -0.2) is 18.1 Å². The third-order valence-electron chi connectivity index (χ3n) is 3.21. The highest BCUT2D eigenvalue weighted by Crippen LogP contribution is 2.30. The van der Waals surface area contributed by atoms with Gasteiger partial charge in [-0.25, -0.2) is 0 Å². The van der Waals surface area contributed by atoms with Gasteiger partial charge >= 0.3 is 5.69 Å². The largest absolute Gasteiger partial charge is 0.487 e. The second-order valence-electron chi connectivity index (χ2n) is 4.44. The van der Waals surface area contributed by atoms with Crippen LogP contribution in [0.4, 0.5) is 11.4 Å². The van der Waals surface area contributed by atoms with E-state index in [2.05, 4.69) is 19.2 Å². The molecule has 0 saturated heterocycles. The molecule has 0 aromatic heterocycles. The van der Waals surface area contributed by atoms with E-state index in [-0.39, 0.29) is 5.69 Å². The van der Waals surface area contributed by atoms with Crippen molar-refractivity contribution in [3.05, 3.63) is 28.3 Å². The lowest BCUT2D eigenvalue weighted by atomic mass is 10.0. The molecule has 5 nitrogen and oxygen atoms in total. The maximum absolute atomic E-state index is 10.9. The summed E-state index contributed by atoms with van der Waals surface area (Å²) < 4.78 is 5.32. The van der Waals surface area contributed by atoms with Crippen LogP contribution in [0.15, 0.2) is 18.2 Å². The molecule has 1 rings (SSSR count). The quantitative estimate of drug-likeness (QED) is 0.573. The Labute approximate surface area is 114 Å². The summed E-state index contributed by atoms with van der Waals surface area (Å²) in [6, 6.07) is 4.91. The fraction of sp³-hybridized carbons (Fsp3) is 0.571. The van der Waals surface area contributed by atoms with Crippen LogP contribution in [0.1, 0.15) is 33.6 Å². The zero-order valence-electron chi connectivity index (χ0n) is 11.8. The van der Waals surface area contributed by atoms with Gasteiger partial charge in [0.1, 0.15) is 0 Å². The van der Waals surface area contributed by atoms with Crippen LogP contribution in [0.3, 0.4) is 0 Å². The molecule has 0 heterocycles. The van der Waals surface area contributed by atoms with Gasteiger partial charge in [0, 0.05) is 24.4 Å². The van der Waals surface area contributed by atoms with Gasteiger partial charge in [0.05, 0.1) is 11.5 Å². The van der Waals surface area contributed by atoms with E-state index < -0.39 is 4.92 Å². The Morgan fingerprint density at radius 3 is 2.53 bits per heavy atom. The number of nitro groups is 1. The van der Waals surface area contributed by atoms with Crippen LogP contribution >= 0.6 is 0 Å². The van der Waals surface area contributed by atoms with Crippen LogP contribution in [0.25, 0.3) is 0 Å². The number of hydrogen-bond acceptors (Lipinski definition) is 4. The predicted molar refractivity (Wildman–Crippen MR) is 76.8 cm³/mol. The van der Waals surface area contributed by atoms with Crippen molar-refractivity contribution in [2.24, 2.45) is 5.92 Å². The summed E-state index contributed by atoms with van der Waals surface area (Å²) >= 11 is 0. The van der Waals surface area contributed by atoms with Gasteiger partial charge < -0.3 is 10.1 Å². The molecule has 0 bridgehead atoms. The van der Waals surface area contributed by atoms with Crippen molar-refractivity contribution in [1.82, 2.24) is 0 Å². The summed E-state index contributed by atoms with van der Waals surface area (Å²) in [7, 11) is 0. The van der Waals surface area contributed by atoms with Gasteiger partial charge in [0.2, 0.25) is 0 Å². The predicted octanol–water partition coefficient (Wildman–Crippen LogP) is 3.84. The number of benzene rings is 1. The van der Waals surface area contributed by atoms with Gasteiger partial charge in [-0.05, 0) is 18.9 Å². The molecule has 0 amide bonds. The molecule has 1 aromatic rings. The van der Waals surface area contributed by atoms with Crippen LogP contribution in [0.5, 0.6) is 5.75 Å². The first-order chi connectivity index (χ1) is 9.12. The van der Waals surface area contributed by atoms with E-state index in [1.807, 2.05) is 6.92 Å². The first-order valence-corrected chi connectivity index (χ1v) is 6.77. The van der Waals surface area contributed by atoms with Crippen molar-refractivity contribution in [2.45, 2.75) is 33.6 Å². The highest BCUT2D eigenvalue weighted by molar-refractivity contribution is 5.58. The molecule has 0 aliphatic heterocycles. The van der Waals surface area contributed by atoms with Crippen molar-refractivity contribution in [3.63, 3.8) is 0 Å². The number of nitro benzene ring substituents is 1. The second-order valence-corrected chi connectivity index (χ2v) is 4.44. The van der Waals surface area contributed by atoms with Crippen LogP contribution in [0.2, 0.25) is 0 Å². The van der Waals surface area contributed by atoms with E-state index in [0.29, 0.717) is 18.3 Å². The molecule has 0 radical (unpaired) electrons. The highest BCUT2D eigenvalue weighted by atomic mass is 16.6. The minimum absolute atomic E-state index is 0.00920. The van der Waals surface area contributed by atoms with Crippen molar-refractivity contribution in [3.8, 4) is 5.75 Å². The molecule has 0 spiro atoms. The monoisotopic (exact) mass is 266 g/mol. The molecule has 0 atom stereocenters. The third-order valence-corrected chi connectivity index (χ3v) is 3.21. The molecule has 106 valence electrons. The number of rotatable bonds is 8. The molecule has 0 aliphatic rings. The summed E-state index contributed by atoms with van der Waals surface area (Å²) in [4.78, 5) is 10.5. The molecule has 5 heteroatoms. The lowest BCUT2D eigenvalue weighted by Gasteiger charge is -2.15. The molecule has 0 saturated carbocycles. The molecule has 0 unspecified atom stereocenters.